The van der Waals surface area contributed by atoms with Gasteiger partial charge >= 0.3 is 15.6 Å². The molecule has 27 heavy (non-hydrogen) atoms. The fraction of sp³-hybridized carbons (Fsp3) is 0.176. The van der Waals surface area contributed by atoms with E-state index in [-0.39, 0.29) is 12.8 Å². The summed E-state index contributed by atoms with van der Waals surface area (Å²) in [5.74, 6) is -0.396. The second kappa shape index (κ2) is 7.39. The predicted molar refractivity (Wildman–Crippen MR) is 92.6 cm³/mol. The minimum absolute atomic E-state index is 0.0759. The molecule has 0 unspecified atom stereocenters. The maximum Gasteiger partial charge on any atom is 0.534 e. The molecular weight excluding hydrogens is 383 g/mol. The molecule has 6 nitrogen and oxygen atoms in total. The van der Waals surface area contributed by atoms with Gasteiger partial charge in [0.25, 0.3) is 0 Å². The summed E-state index contributed by atoms with van der Waals surface area (Å²) in [5.41, 5.74) is -3.69. The average Bonchev–Trinajstić information content (AvgIpc) is 3.02. The zero-order chi connectivity index (χ0) is 19.5. The van der Waals surface area contributed by atoms with Crippen molar-refractivity contribution in [1.29, 1.82) is 0 Å². The Labute approximate surface area is 153 Å². The Hall–Kier alpha value is -2.88. The number of para-hydroxylation sites is 1. The lowest BCUT2D eigenvalue weighted by atomic mass is 10.1. The van der Waals surface area contributed by atoms with Crippen LogP contribution in [-0.4, -0.2) is 28.9 Å². The van der Waals surface area contributed by atoms with Crippen LogP contribution in [0.5, 0.6) is 0 Å². The zero-order valence-electron chi connectivity index (χ0n) is 13.8. The molecule has 0 amide bonds. The predicted octanol–water partition coefficient (Wildman–Crippen LogP) is 3.73. The summed E-state index contributed by atoms with van der Waals surface area (Å²) in [4.78, 5) is 0. The summed E-state index contributed by atoms with van der Waals surface area (Å²) >= 11 is 0. The average molecular weight is 397 g/mol. The number of aromatic nitrogens is 3. The SMILES string of the molecule is O=S(=O)(O/C(=C/n1nnc2ccccc21)CCc1ccccc1)C(F)(F)F. The van der Waals surface area contributed by atoms with E-state index >= 15 is 0 Å². The molecule has 0 spiro atoms. The largest absolute Gasteiger partial charge is 0.534 e. The highest BCUT2D eigenvalue weighted by Crippen LogP contribution is 2.28. The molecule has 10 heteroatoms. The number of aryl methyl sites for hydroxylation is 1. The summed E-state index contributed by atoms with van der Waals surface area (Å²) in [6.45, 7) is 0. The molecule has 1 aromatic heterocycles. The quantitative estimate of drug-likeness (QED) is 0.360. The van der Waals surface area contributed by atoms with Gasteiger partial charge in [-0.15, -0.1) is 5.10 Å². The van der Waals surface area contributed by atoms with Crippen molar-refractivity contribution in [2.45, 2.75) is 18.3 Å². The number of fused-ring (bicyclic) bond motifs is 1. The Morgan fingerprint density at radius 1 is 1.07 bits per heavy atom. The molecule has 0 aliphatic carbocycles. The smallest absolute Gasteiger partial charge is 0.379 e. The summed E-state index contributed by atoms with van der Waals surface area (Å²) in [7, 11) is -5.79. The Bertz CT molecular complexity index is 1060. The Balaban J connectivity index is 1.93. The first-order chi connectivity index (χ1) is 12.8. The van der Waals surface area contributed by atoms with Gasteiger partial charge in [0.1, 0.15) is 11.3 Å². The molecule has 3 aromatic rings. The van der Waals surface area contributed by atoms with Crippen LogP contribution in [0.4, 0.5) is 13.2 Å². The van der Waals surface area contributed by atoms with Crippen molar-refractivity contribution < 1.29 is 25.8 Å². The summed E-state index contributed by atoms with van der Waals surface area (Å²) in [5, 5.41) is 7.69. The second-order valence-corrected chi connectivity index (χ2v) is 7.12. The molecule has 0 saturated heterocycles. The second-order valence-electron chi connectivity index (χ2n) is 5.59. The van der Waals surface area contributed by atoms with Crippen LogP contribution in [0.2, 0.25) is 0 Å². The van der Waals surface area contributed by atoms with Crippen molar-refractivity contribution in [3.8, 4) is 0 Å². The first kappa shape index (κ1) is 18.9. The normalized spacial score (nSPS) is 13.1. The van der Waals surface area contributed by atoms with Crippen LogP contribution in [0.15, 0.2) is 60.4 Å². The molecule has 0 aliphatic rings. The van der Waals surface area contributed by atoms with Crippen LogP contribution in [0.1, 0.15) is 12.0 Å². The molecule has 0 aliphatic heterocycles. The Kier molecular flexibility index (Phi) is 5.17. The van der Waals surface area contributed by atoms with Crippen molar-refractivity contribution in [2.75, 3.05) is 0 Å². The number of hydrogen-bond acceptors (Lipinski definition) is 5. The molecular formula is C17H14F3N3O3S. The summed E-state index contributed by atoms with van der Waals surface area (Å²) in [6, 6.07) is 15.7. The third kappa shape index (κ3) is 4.45. The molecule has 1 heterocycles. The minimum atomic E-state index is -5.79. The van der Waals surface area contributed by atoms with E-state index in [1.54, 1.807) is 54.6 Å². The van der Waals surface area contributed by atoms with Crippen LogP contribution < -0.4 is 0 Å². The Morgan fingerprint density at radius 2 is 1.74 bits per heavy atom. The fourth-order valence-corrected chi connectivity index (χ4v) is 2.85. The molecule has 2 aromatic carbocycles. The van der Waals surface area contributed by atoms with E-state index in [2.05, 4.69) is 14.5 Å². The van der Waals surface area contributed by atoms with Crippen molar-refractivity contribution >= 4 is 27.4 Å². The molecule has 0 atom stereocenters. The van der Waals surface area contributed by atoms with Gasteiger partial charge in [0.15, 0.2) is 0 Å². The molecule has 0 N–H and O–H groups in total. The van der Waals surface area contributed by atoms with Gasteiger partial charge in [0.2, 0.25) is 0 Å². The van der Waals surface area contributed by atoms with Crippen LogP contribution >= 0.6 is 0 Å². The topological polar surface area (TPSA) is 74.1 Å². The lowest BCUT2D eigenvalue weighted by Gasteiger charge is -2.12. The number of nitrogens with zero attached hydrogens (tertiary/aromatic N) is 3. The fourth-order valence-electron chi connectivity index (χ4n) is 2.35. The van der Waals surface area contributed by atoms with Gasteiger partial charge in [-0.05, 0) is 24.1 Å². The van der Waals surface area contributed by atoms with E-state index in [9.17, 15) is 21.6 Å². The van der Waals surface area contributed by atoms with Crippen LogP contribution in [0.3, 0.4) is 0 Å². The monoisotopic (exact) mass is 397 g/mol. The highest BCUT2D eigenvalue weighted by Gasteiger charge is 2.48. The maximum atomic E-state index is 12.7. The summed E-state index contributed by atoms with van der Waals surface area (Å²) in [6.07, 6.45) is 1.31. The molecule has 0 fully saturated rings. The number of alkyl halides is 3. The molecule has 0 radical (unpaired) electrons. The van der Waals surface area contributed by atoms with Crippen molar-refractivity contribution in [3.05, 3.63) is 65.9 Å². The van der Waals surface area contributed by atoms with E-state index in [1.165, 1.54) is 4.68 Å². The van der Waals surface area contributed by atoms with E-state index in [0.717, 1.165) is 11.8 Å². The standard InChI is InChI=1S/C17H14F3N3O3S/c18-17(19,20)27(24,25)26-14(11-10-13-6-2-1-3-7-13)12-23-16-9-5-4-8-15(16)21-22-23/h1-9,12H,10-11H2/b14-12+. The maximum absolute atomic E-state index is 12.7. The van der Waals surface area contributed by atoms with E-state index in [0.29, 0.717) is 11.0 Å². The number of rotatable bonds is 6. The van der Waals surface area contributed by atoms with E-state index in [4.69, 9.17) is 0 Å². The van der Waals surface area contributed by atoms with Gasteiger partial charge in [0.05, 0.1) is 11.7 Å². The third-order valence-corrected chi connectivity index (χ3v) is 4.65. The number of benzene rings is 2. The molecule has 0 bridgehead atoms. The van der Waals surface area contributed by atoms with E-state index in [1.807, 2.05) is 0 Å². The van der Waals surface area contributed by atoms with Crippen molar-refractivity contribution in [1.82, 2.24) is 15.0 Å². The molecule has 142 valence electrons. The first-order valence-electron chi connectivity index (χ1n) is 7.81. The highest BCUT2D eigenvalue weighted by molar-refractivity contribution is 7.87. The van der Waals surface area contributed by atoms with Gasteiger partial charge in [-0.2, -0.15) is 21.6 Å². The molecule has 3 rings (SSSR count). The van der Waals surface area contributed by atoms with Crippen LogP contribution in [0, 0.1) is 0 Å². The zero-order valence-corrected chi connectivity index (χ0v) is 14.6. The third-order valence-electron chi connectivity index (χ3n) is 3.65. The first-order valence-corrected chi connectivity index (χ1v) is 9.22. The van der Waals surface area contributed by atoms with Gasteiger partial charge < -0.3 is 4.18 Å². The Morgan fingerprint density at radius 3 is 2.44 bits per heavy atom. The lowest BCUT2D eigenvalue weighted by molar-refractivity contribution is -0.0522. The van der Waals surface area contributed by atoms with Gasteiger partial charge in [-0.25, -0.2) is 4.68 Å². The lowest BCUT2D eigenvalue weighted by Crippen LogP contribution is -2.25. The van der Waals surface area contributed by atoms with Gasteiger partial charge in [-0.3, -0.25) is 0 Å². The number of halogens is 3. The van der Waals surface area contributed by atoms with Crippen molar-refractivity contribution in [2.24, 2.45) is 0 Å². The van der Waals surface area contributed by atoms with Crippen LogP contribution in [-0.2, 0) is 20.7 Å². The minimum Gasteiger partial charge on any atom is -0.379 e. The number of allylic oxidation sites excluding steroid dienone is 1. The van der Waals surface area contributed by atoms with E-state index < -0.39 is 21.4 Å². The van der Waals surface area contributed by atoms with Crippen molar-refractivity contribution in [3.63, 3.8) is 0 Å². The van der Waals surface area contributed by atoms with Gasteiger partial charge in [-0.1, -0.05) is 47.7 Å². The van der Waals surface area contributed by atoms with Gasteiger partial charge in [0, 0.05) is 6.42 Å². The van der Waals surface area contributed by atoms with Crippen LogP contribution in [0.25, 0.3) is 17.2 Å². The summed E-state index contributed by atoms with van der Waals surface area (Å²) < 4.78 is 66.6. The highest BCUT2D eigenvalue weighted by atomic mass is 32.2. The molecule has 0 saturated carbocycles. The number of hydrogen-bond donors (Lipinski definition) is 0.